The van der Waals surface area contributed by atoms with E-state index in [9.17, 15) is 0 Å². The lowest BCUT2D eigenvalue weighted by Gasteiger charge is -2.01. The number of benzene rings is 1. The van der Waals surface area contributed by atoms with Crippen molar-refractivity contribution < 1.29 is 0 Å². The third-order valence-electron chi connectivity index (χ3n) is 2.27. The third kappa shape index (κ3) is 2.09. The first-order valence-electron chi connectivity index (χ1n) is 5.27. The molecular formula is C12H14ClN3. The maximum atomic E-state index is 5.99. The summed E-state index contributed by atoms with van der Waals surface area (Å²) in [6, 6.07) is 3.68. The summed E-state index contributed by atoms with van der Waals surface area (Å²) in [5, 5.41) is 9.50. The van der Waals surface area contributed by atoms with E-state index in [1.54, 1.807) is 10.9 Å². The van der Waals surface area contributed by atoms with Gasteiger partial charge in [0.15, 0.2) is 0 Å². The second-order valence-corrected chi connectivity index (χ2v) is 4.65. The van der Waals surface area contributed by atoms with E-state index < -0.39 is 0 Å². The standard InChI is InChI=1S/C12H14ClN3/c1-4-9-5-10(13)6-11-12(9)15-16(14-11)7-8(2)3/h4-6,8H,1,7H2,2-3H3. The molecule has 0 amide bonds. The van der Waals surface area contributed by atoms with Crippen LogP contribution in [-0.2, 0) is 6.54 Å². The van der Waals surface area contributed by atoms with E-state index in [2.05, 4.69) is 30.6 Å². The van der Waals surface area contributed by atoms with Crippen LogP contribution < -0.4 is 0 Å². The highest BCUT2D eigenvalue weighted by atomic mass is 35.5. The first-order valence-corrected chi connectivity index (χ1v) is 5.64. The quantitative estimate of drug-likeness (QED) is 0.817. The molecule has 1 heterocycles. The summed E-state index contributed by atoms with van der Waals surface area (Å²) in [7, 11) is 0. The molecule has 0 saturated heterocycles. The van der Waals surface area contributed by atoms with Crippen molar-refractivity contribution in [3.05, 3.63) is 29.3 Å². The Labute approximate surface area is 99.7 Å². The minimum atomic E-state index is 0.518. The van der Waals surface area contributed by atoms with Crippen LogP contribution in [0.3, 0.4) is 0 Å². The molecule has 0 spiro atoms. The second-order valence-electron chi connectivity index (χ2n) is 4.22. The van der Waals surface area contributed by atoms with Crippen LogP contribution in [0.25, 0.3) is 17.1 Å². The zero-order chi connectivity index (χ0) is 11.7. The van der Waals surface area contributed by atoms with Gasteiger partial charge in [-0.05, 0) is 18.1 Å². The molecule has 0 N–H and O–H groups in total. The maximum absolute atomic E-state index is 5.99. The van der Waals surface area contributed by atoms with Crippen LogP contribution in [0.15, 0.2) is 18.7 Å². The number of rotatable bonds is 3. The van der Waals surface area contributed by atoms with Crippen LogP contribution >= 0.6 is 11.6 Å². The van der Waals surface area contributed by atoms with Gasteiger partial charge in [0.05, 0.1) is 6.54 Å². The molecule has 0 saturated carbocycles. The predicted octanol–water partition coefficient (Wildman–Crippen LogP) is 3.38. The highest BCUT2D eigenvalue weighted by Gasteiger charge is 2.08. The smallest absolute Gasteiger partial charge is 0.120 e. The number of fused-ring (bicyclic) bond motifs is 1. The Kier molecular flexibility index (Phi) is 2.97. The minimum absolute atomic E-state index is 0.518. The van der Waals surface area contributed by atoms with E-state index in [0.29, 0.717) is 10.9 Å². The summed E-state index contributed by atoms with van der Waals surface area (Å²) in [6.45, 7) is 8.83. The van der Waals surface area contributed by atoms with Crippen molar-refractivity contribution in [1.82, 2.24) is 15.0 Å². The van der Waals surface area contributed by atoms with Gasteiger partial charge in [0.1, 0.15) is 11.0 Å². The van der Waals surface area contributed by atoms with Crippen molar-refractivity contribution in [2.45, 2.75) is 20.4 Å². The maximum Gasteiger partial charge on any atom is 0.120 e. The zero-order valence-electron chi connectivity index (χ0n) is 9.44. The van der Waals surface area contributed by atoms with Gasteiger partial charge in [0.2, 0.25) is 0 Å². The fourth-order valence-electron chi connectivity index (χ4n) is 1.62. The molecule has 84 valence electrons. The van der Waals surface area contributed by atoms with Gasteiger partial charge in [-0.1, -0.05) is 38.1 Å². The van der Waals surface area contributed by atoms with Crippen molar-refractivity contribution in [1.29, 1.82) is 0 Å². The van der Waals surface area contributed by atoms with E-state index in [4.69, 9.17) is 11.6 Å². The number of halogens is 1. The highest BCUT2D eigenvalue weighted by Crippen LogP contribution is 2.22. The summed E-state index contributed by atoms with van der Waals surface area (Å²) in [5.74, 6) is 0.518. The molecule has 0 bridgehead atoms. The normalized spacial score (nSPS) is 11.2. The monoisotopic (exact) mass is 235 g/mol. The second kappa shape index (κ2) is 4.26. The van der Waals surface area contributed by atoms with Gasteiger partial charge in [-0.15, -0.1) is 0 Å². The first-order chi connectivity index (χ1) is 7.60. The molecule has 0 fully saturated rings. The van der Waals surface area contributed by atoms with Gasteiger partial charge >= 0.3 is 0 Å². The van der Waals surface area contributed by atoms with Crippen molar-refractivity contribution in [3.63, 3.8) is 0 Å². The highest BCUT2D eigenvalue weighted by molar-refractivity contribution is 6.31. The summed E-state index contributed by atoms with van der Waals surface area (Å²) in [5.41, 5.74) is 2.61. The van der Waals surface area contributed by atoms with E-state index in [0.717, 1.165) is 23.1 Å². The molecule has 0 aliphatic carbocycles. The van der Waals surface area contributed by atoms with Gasteiger partial charge in [-0.3, -0.25) is 0 Å². The summed E-state index contributed by atoms with van der Waals surface area (Å²) in [6.07, 6.45) is 1.75. The summed E-state index contributed by atoms with van der Waals surface area (Å²) >= 11 is 5.99. The van der Waals surface area contributed by atoms with Gasteiger partial charge in [-0.2, -0.15) is 15.0 Å². The molecule has 1 aromatic heterocycles. The predicted molar refractivity (Wildman–Crippen MR) is 67.5 cm³/mol. The lowest BCUT2D eigenvalue weighted by atomic mass is 10.2. The van der Waals surface area contributed by atoms with Crippen LogP contribution in [-0.4, -0.2) is 15.0 Å². The Morgan fingerprint density at radius 1 is 1.44 bits per heavy atom. The average molecular weight is 236 g/mol. The Morgan fingerprint density at radius 2 is 2.19 bits per heavy atom. The number of hydrogen-bond acceptors (Lipinski definition) is 2. The molecular weight excluding hydrogens is 222 g/mol. The molecule has 0 atom stereocenters. The number of hydrogen-bond donors (Lipinski definition) is 0. The van der Waals surface area contributed by atoms with Crippen LogP contribution in [0, 0.1) is 5.92 Å². The Hall–Kier alpha value is -1.35. The third-order valence-corrected chi connectivity index (χ3v) is 2.49. The average Bonchev–Trinajstić information content (AvgIpc) is 2.57. The Morgan fingerprint density at radius 3 is 2.81 bits per heavy atom. The largest absolute Gasteiger partial charge is 0.183 e. The Bertz CT molecular complexity index is 528. The van der Waals surface area contributed by atoms with E-state index >= 15 is 0 Å². The molecule has 2 aromatic rings. The Balaban J connectivity index is 2.55. The van der Waals surface area contributed by atoms with Crippen LogP contribution in [0.2, 0.25) is 5.02 Å². The molecule has 0 aliphatic heterocycles. The van der Waals surface area contributed by atoms with Crippen LogP contribution in [0.1, 0.15) is 19.4 Å². The van der Waals surface area contributed by atoms with Gasteiger partial charge < -0.3 is 0 Å². The lowest BCUT2D eigenvalue weighted by molar-refractivity contribution is 0.442. The van der Waals surface area contributed by atoms with Crippen molar-refractivity contribution in [2.75, 3.05) is 0 Å². The van der Waals surface area contributed by atoms with Crippen LogP contribution in [0.5, 0.6) is 0 Å². The zero-order valence-corrected chi connectivity index (χ0v) is 10.2. The molecule has 0 unspecified atom stereocenters. The molecule has 0 aliphatic rings. The van der Waals surface area contributed by atoms with Gasteiger partial charge in [0.25, 0.3) is 0 Å². The van der Waals surface area contributed by atoms with Crippen molar-refractivity contribution in [2.24, 2.45) is 5.92 Å². The van der Waals surface area contributed by atoms with E-state index in [1.165, 1.54) is 0 Å². The SMILES string of the molecule is C=Cc1cc(Cl)cc2nn(CC(C)C)nc12. The first kappa shape index (κ1) is 11.1. The molecule has 16 heavy (non-hydrogen) atoms. The molecule has 3 nitrogen and oxygen atoms in total. The van der Waals surface area contributed by atoms with Gasteiger partial charge in [-0.25, -0.2) is 0 Å². The lowest BCUT2D eigenvalue weighted by Crippen LogP contribution is -2.07. The van der Waals surface area contributed by atoms with E-state index in [-0.39, 0.29) is 0 Å². The van der Waals surface area contributed by atoms with E-state index in [1.807, 2.05) is 12.1 Å². The van der Waals surface area contributed by atoms with Crippen LogP contribution in [0.4, 0.5) is 0 Å². The summed E-state index contributed by atoms with van der Waals surface area (Å²) < 4.78 is 0. The fraction of sp³-hybridized carbons (Fsp3) is 0.333. The minimum Gasteiger partial charge on any atom is -0.183 e. The molecule has 4 heteroatoms. The van der Waals surface area contributed by atoms with Gasteiger partial charge in [0, 0.05) is 10.6 Å². The molecule has 2 rings (SSSR count). The number of nitrogens with zero attached hydrogens (tertiary/aromatic N) is 3. The van der Waals surface area contributed by atoms with Crippen molar-refractivity contribution in [3.8, 4) is 0 Å². The molecule has 1 aromatic carbocycles. The topological polar surface area (TPSA) is 30.7 Å². The molecule has 0 radical (unpaired) electrons. The van der Waals surface area contributed by atoms with Crippen molar-refractivity contribution >= 4 is 28.7 Å². The summed E-state index contributed by atoms with van der Waals surface area (Å²) in [4.78, 5) is 1.72. The fourth-order valence-corrected chi connectivity index (χ4v) is 1.84. The number of aromatic nitrogens is 3.